The number of aromatic amines is 1. The molecule has 3 aromatic rings. The second-order valence-corrected chi connectivity index (χ2v) is 7.34. The Morgan fingerprint density at radius 3 is 2.68 bits per heavy atom. The predicted octanol–water partition coefficient (Wildman–Crippen LogP) is 2.24. The zero-order valence-electron chi connectivity index (χ0n) is 16.0. The van der Waals surface area contributed by atoms with Gasteiger partial charge in [0.1, 0.15) is 5.52 Å². The molecule has 0 spiro atoms. The summed E-state index contributed by atoms with van der Waals surface area (Å²) in [5, 5.41) is 10.3. The number of hydrogen-bond donors (Lipinski definition) is 5. The topological polar surface area (TPSA) is 117 Å². The molecule has 148 valence electrons. The molecule has 2 aromatic heterocycles. The fourth-order valence-electron chi connectivity index (χ4n) is 3.57. The minimum atomic E-state index is 0.327. The molecule has 2 heterocycles. The van der Waals surface area contributed by atoms with E-state index in [2.05, 4.69) is 60.2 Å². The van der Waals surface area contributed by atoms with E-state index in [0.29, 0.717) is 23.7 Å². The maximum atomic E-state index is 6.00. The lowest BCUT2D eigenvalue weighted by Crippen LogP contribution is -2.33. The summed E-state index contributed by atoms with van der Waals surface area (Å²) in [4.78, 5) is 16.7. The highest BCUT2D eigenvalue weighted by atomic mass is 15.2. The normalized spacial score (nSPS) is 19.6. The number of imidazole rings is 1. The van der Waals surface area contributed by atoms with Crippen LogP contribution >= 0.6 is 0 Å². The monoisotopic (exact) mass is 380 g/mol. The minimum Gasteiger partial charge on any atom is -0.367 e. The predicted molar refractivity (Wildman–Crippen MR) is 112 cm³/mol. The summed E-state index contributed by atoms with van der Waals surface area (Å²) >= 11 is 0. The number of hydrogen-bond acceptors (Lipinski definition) is 7. The van der Waals surface area contributed by atoms with Crippen LogP contribution in [0.15, 0.2) is 36.7 Å². The molecule has 1 aliphatic carbocycles. The van der Waals surface area contributed by atoms with Crippen molar-refractivity contribution in [2.75, 3.05) is 23.7 Å². The number of anilines is 2. The summed E-state index contributed by atoms with van der Waals surface area (Å²) in [6.45, 7) is 2.44. The maximum absolute atomic E-state index is 6.00. The van der Waals surface area contributed by atoms with E-state index in [1.165, 1.54) is 5.56 Å². The largest absolute Gasteiger partial charge is 0.367 e. The first-order valence-electron chi connectivity index (χ1n) is 9.99. The molecule has 28 heavy (non-hydrogen) atoms. The van der Waals surface area contributed by atoms with Crippen LogP contribution in [-0.2, 0) is 6.54 Å². The number of nitrogens with two attached hydrogens (primary N) is 1. The quantitative estimate of drug-likeness (QED) is 0.381. The van der Waals surface area contributed by atoms with Crippen LogP contribution in [-0.4, -0.2) is 45.1 Å². The smallest absolute Gasteiger partial charge is 0.227 e. The zero-order chi connectivity index (χ0) is 19.2. The van der Waals surface area contributed by atoms with Gasteiger partial charge in [-0.1, -0.05) is 30.3 Å². The zero-order valence-corrected chi connectivity index (χ0v) is 16.0. The molecule has 8 nitrogen and oxygen atoms in total. The van der Waals surface area contributed by atoms with E-state index in [0.717, 1.165) is 56.7 Å². The molecule has 1 aliphatic rings. The van der Waals surface area contributed by atoms with Gasteiger partial charge < -0.3 is 26.7 Å². The molecule has 0 radical (unpaired) electrons. The van der Waals surface area contributed by atoms with E-state index < -0.39 is 0 Å². The third kappa shape index (κ3) is 4.76. The Labute approximate surface area is 164 Å². The third-order valence-electron chi connectivity index (χ3n) is 5.16. The van der Waals surface area contributed by atoms with Crippen molar-refractivity contribution in [3.63, 3.8) is 0 Å². The number of fused-ring (bicyclic) bond motifs is 1. The Balaban J connectivity index is 1.34. The van der Waals surface area contributed by atoms with Gasteiger partial charge in [0.25, 0.3) is 0 Å². The van der Waals surface area contributed by atoms with Crippen molar-refractivity contribution < 1.29 is 0 Å². The van der Waals surface area contributed by atoms with Crippen molar-refractivity contribution in [1.82, 2.24) is 25.3 Å². The van der Waals surface area contributed by atoms with Gasteiger partial charge in [-0.25, -0.2) is 4.98 Å². The maximum Gasteiger partial charge on any atom is 0.227 e. The van der Waals surface area contributed by atoms with Crippen LogP contribution in [0.4, 0.5) is 11.8 Å². The van der Waals surface area contributed by atoms with E-state index in [-0.39, 0.29) is 0 Å². The lowest BCUT2D eigenvalue weighted by atomic mass is 9.92. The van der Waals surface area contributed by atoms with E-state index in [4.69, 9.17) is 5.73 Å². The van der Waals surface area contributed by atoms with Crippen LogP contribution in [0, 0.1) is 0 Å². The average molecular weight is 381 g/mol. The van der Waals surface area contributed by atoms with Crippen LogP contribution in [0.25, 0.3) is 11.2 Å². The first-order valence-corrected chi connectivity index (χ1v) is 9.99. The highest BCUT2D eigenvalue weighted by molar-refractivity contribution is 5.83. The third-order valence-corrected chi connectivity index (χ3v) is 5.16. The van der Waals surface area contributed by atoms with Crippen molar-refractivity contribution in [1.29, 1.82) is 0 Å². The summed E-state index contributed by atoms with van der Waals surface area (Å²) in [5.74, 6) is 1.40. The Kier molecular flexibility index (Phi) is 5.98. The van der Waals surface area contributed by atoms with Gasteiger partial charge in [0, 0.05) is 31.7 Å². The van der Waals surface area contributed by atoms with Crippen LogP contribution in [0.1, 0.15) is 31.2 Å². The fourth-order valence-corrected chi connectivity index (χ4v) is 3.57. The van der Waals surface area contributed by atoms with Gasteiger partial charge in [0.15, 0.2) is 11.5 Å². The Bertz CT molecular complexity index is 870. The second-order valence-electron chi connectivity index (χ2n) is 7.34. The van der Waals surface area contributed by atoms with Gasteiger partial charge in [0.05, 0.1) is 6.33 Å². The summed E-state index contributed by atoms with van der Waals surface area (Å²) < 4.78 is 0. The van der Waals surface area contributed by atoms with Crippen molar-refractivity contribution in [2.45, 2.75) is 44.3 Å². The minimum absolute atomic E-state index is 0.327. The van der Waals surface area contributed by atoms with E-state index in [1.54, 1.807) is 6.33 Å². The average Bonchev–Trinajstić information content (AvgIpc) is 3.19. The number of benzene rings is 1. The highest BCUT2D eigenvalue weighted by Gasteiger charge is 2.20. The van der Waals surface area contributed by atoms with Crippen LogP contribution in [0.5, 0.6) is 0 Å². The lowest BCUT2D eigenvalue weighted by Gasteiger charge is -2.26. The molecular weight excluding hydrogens is 352 g/mol. The molecule has 0 atom stereocenters. The molecular formula is C20H28N8. The van der Waals surface area contributed by atoms with Crippen LogP contribution < -0.4 is 21.7 Å². The first-order chi connectivity index (χ1) is 13.8. The SMILES string of the molecule is NC1CCC(Nc2nc(NCCNCc3ccccc3)c3[nH]cnc3n2)CC1. The molecule has 0 amide bonds. The van der Waals surface area contributed by atoms with Gasteiger partial charge in [-0.3, -0.25) is 0 Å². The fraction of sp³-hybridized carbons (Fsp3) is 0.450. The number of nitrogens with zero attached hydrogens (tertiary/aromatic N) is 3. The summed E-state index contributed by atoms with van der Waals surface area (Å²) in [7, 11) is 0. The molecule has 0 saturated heterocycles. The molecule has 0 unspecified atom stereocenters. The molecule has 1 fully saturated rings. The molecule has 8 heteroatoms. The molecule has 6 N–H and O–H groups in total. The molecule has 1 saturated carbocycles. The number of H-pyrrole nitrogens is 1. The molecule has 4 rings (SSSR count). The lowest BCUT2D eigenvalue weighted by molar-refractivity contribution is 0.410. The molecule has 1 aromatic carbocycles. The van der Waals surface area contributed by atoms with Crippen molar-refractivity contribution in [2.24, 2.45) is 5.73 Å². The Hall–Kier alpha value is -2.71. The number of aromatic nitrogens is 4. The Morgan fingerprint density at radius 2 is 1.86 bits per heavy atom. The Morgan fingerprint density at radius 1 is 1.04 bits per heavy atom. The van der Waals surface area contributed by atoms with Crippen molar-refractivity contribution in [3.8, 4) is 0 Å². The van der Waals surface area contributed by atoms with Gasteiger partial charge in [-0.2, -0.15) is 9.97 Å². The summed E-state index contributed by atoms with van der Waals surface area (Å²) in [6.07, 6.45) is 5.84. The van der Waals surface area contributed by atoms with E-state index in [9.17, 15) is 0 Å². The second kappa shape index (κ2) is 8.99. The summed E-state index contributed by atoms with van der Waals surface area (Å²) in [6, 6.07) is 11.1. The first kappa shape index (κ1) is 18.6. The highest BCUT2D eigenvalue weighted by Crippen LogP contribution is 2.23. The standard InChI is InChI=1S/C20H28N8/c21-15-6-8-16(9-7-15)26-20-27-18(17-19(28-20)25-13-24-17)23-11-10-22-12-14-4-2-1-3-5-14/h1-5,13,15-16,22H,6-12,21H2,(H3,23,24,25,26,27,28). The van der Waals surface area contributed by atoms with E-state index >= 15 is 0 Å². The van der Waals surface area contributed by atoms with Crippen LogP contribution in [0.3, 0.4) is 0 Å². The van der Waals surface area contributed by atoms with Gasteiger partial charge in [-0.05, 0) is 31.2 Å². The molecule has 0 bridgehead atoms. The number of rotatable bonds is 8. The summed E-state index contributed by atoms with van der Waals surface area (Å²) in [5.41, 5.74) is 8.78. The molecule has 0 aliphatic heterocycles. The van der Waals surface area contributed by atoms with E-state index in [1.807, 2.05) is 6.07 Å². The number of nitrogens with one attached hydrogen (secondary N) is 4. The van der Waals surface area contributed by atoms with Gasteiger partial charge in [0.2, 0.25) is 5.95 Å². The van der Waals surface area contributed by atoms with Gasteiger partial charge in [-0.15, -0.1) is 0 Å². The van der Waals surface area contributed by atoms with Crippen molar-refractivity contribution >= 4 is 22.9 Å². The van der Waals surface area contributed by atoms with Crippen LogP contribution in [0.2, 0.25) is 0 Å². The van der Waals surface area contributed by atoms with Crippen molar-refractivity contribution in [3.05, 3.63) is 42.2 Å². The van der Waals surface area contributed by atoms with Gasteiger partial charge >= 0.3 is 0 Å².